The van der Waals surface area contributed by atoms with Crippen LogP contribution in [0.25, 0.3) is 0 Å². The number of aromatic nitrogens is 2. The second-order valence-corrected chi connectivity index (χ2v) is 7.50. The molecule has 9 heteroatoms. The van der Waals surface area contributed by atoms with Gasteiger partial charge in [0.15, 0.2) is 0 Å². The third-order valence-corrected chi connectivity index (χ3v) is 5.29. The lowest BCUT2D eigenvalue weighted by atomic mass is 10.2. The van der Waals surface area contributed by atoms with Crippen LogP contribution in [-0.2, 0) is 11.3 Å². The molecule has 0 spiro atoms. The molecule has 0 aliphatic heterocycles. The zero-order valence-corrected chi connectivity index (χ0v) is 18.1. The molecule has 0 bridgehead atoms. The molecule has 1 heterocycles. The first-order chi connectivity index (χ1) is 14.8. The average Bonchev–Trinajstić information content (AvgIpc) is 2.73. The van der Waals surface area contributed by atoms with Crippen molar-refractivity contribution in [3.05, 3.63) is 85.5 Å². The van der Waals surface area contributed by atoms with Crippen molar-refractivity contribution in [2.24, 2.45) is 0 Å². The molecular weight excluding hydrogens is 418 g/mol. The summed E-state index contributed by atoms with van der Waals surface area (Å²) in [5, 5.41) is 3.30. The van der Waals surface area contributed by atoms with Crippen molar-refractivity contribution in [3.8, 4) is 0 Å². The van der Waals surface area contributed by atoms with E-state index in [2.05, 4.69) is 10.3 Å². The van der Waals surface area contributed by atoms with E-state index in [1.807, 2.05) is 37.3 Å². The molecular formula is C22H24ClN5O3. The second kappa shape index (κ2) is 9.53. The lowest BCUT2D eigenvalue weighted by Gasteiger charge is -2.24. The lowest BCUT2D eigenvalue weighted by molar-refractivity contribution is -0.115. The lowest BCUT2D eigenvalue weighted by Crippen LogP contribution is -2.41. The summed E-state index contributed by atoms with van der Waals surface area (Å²) in [6.07, 6.45) is 0. The summed E-state index contributed by atoms with van der Waals surface area (Å²) in [7, 11) is 0. The molecule has 0 fully saturated rings. The predicted octanol–water partition coefficient (Wildman–Crippen LogP) is 2.59. The number of nitrogens with one attached hydrogen (secondary N) is 2. The van der Waals surface area contributed by atoms with Gasteiger partial charge in [0.05, 0.1) is 13.1 Å². The van der Waals surface area contributed by atoms with Crippen LogP contribution < -0.4 is 27.2 Å². The number of carbonyl (C=O) groups is 1. The standard InChI is InChI=1S/C22H24ClN5O3/c1-3-27(13-18(29)25-16-10-9-14(2)17(23)11-16)19-20(24)28(22(31)26-21(19)30)12-15-7-5-4-6-8-15/h4-11H,3,12-13,24H2,1-2H3,(H,25,29)(H,26,30,31). The van der Waals surface area contributed by atoms with Crippen molar-refractivity contribution >= 4 is 34.7 Å². The van der Waals surface area contributed by atoms with E-state index in [9.17, 15) is 14.4 Å². The van der Waals surface area contributed by atoms with Crippen LogP contribution in [0.3, 0.4) is 0 Å². The molecule has 0 saturated carbocycles. The average molecular weight is 442 g/mol. The Morgan fingerprint density at radius 1 is 1.19 bits per heavy atom. The van der Waals surface area contributed by atoms with Crippen molar-refractivity contribution in [1.29, 1.82) is 0 Å². The molecule has 1 aromatic heterocycles. The zero-order chi connectivity index (χ0) is 22.5. The highest BCUT2D eigenvalue weighted by atomic mass is 35.5. The van der Waals surface area contributed by atoms with Crippen LogP contribution in [0.15, 0.2) is 58.1 Å². The number of anilines is 3. The number of benzene rings is 2. The van der Waals surface area contributed by atoms with E-state index in [-0.39, 0.29) is 30.5 Å². The number of rotatable bonds is 7. The van der Waals surface area contributed by atoms with E-state index < -0.39 is 11.2 Å². The number of nitrogen functional groups attached to an aromatic ring is 1. The zero-order valence-electron chi connectivity index (χ0n) is 17.3. The largest absolute Gasteiger partial charge is 0.383 e. The van der Waals surface area contributed by atoms with E-state index >= 15 is 0 Å². The monoisotopic (exact) mass is 441 g/mol. The molecule has 0 radical (unpaired) electrons. The van der Waals surface area contributed by atoms with Gasteiger partial charge in [0.1, 0.15) is 11.5 Å². The summed E-state index contributed by atoms with van der Waals surface area (Å²) in [5.41, 5.74) is 7.36. The van der Waals surface area contributed by atoms with Crippen LogP contribution in [0.5, 0.6) is 0 Å². The van der Waals surface area contributed by atoms with E-state index in [1.54, 1.807) is 25.1 Å². The maximum atomic E-state index is 12.6. The van der Waals surface area contributed by atoms with Gasteiger partial charge in [0, 0.05) is 17.3 Å². The van der Waals surface area contributed by atoms with Crippen molar-refractivity contribution in [2.45, 2.75) is 20.4 Å². The van der Waals surface area contributed by atoms with Gasteiger partial charge in [-0.2, -0.15) is 0 Å². The molecule has 162 valence electrons. The number of aryl methyl sites for hydroxylation is 1. The number of amides is 1. The van der Waals surface area contributed by atoms with Crippen LogP contribution in [0.2, 0.25) is 5.02 Å². The first-order valence-corrected chi connectivity index (χ1v) is 10.2. The summed E-state index contributed by atoms with van der Waals surface area (Å²) < 4.78 is 1.28. The van der Waals surface area contributed by atoms with Gasteiger partial charge in [-0.25, -0.2) is 4.79 Å². The molecule has 1 amide bonds. The summed E-state index contributed by atoms with van der Waals surface area (Å²) >= 11 is 6.11. The number of likely N-dealkylation sites (N-methyl/N-ethyl adjacent to an activating group) is 1. The topological polar surface area (TPSA) is 113 Å². The molecule has 0 unspecified atom stereocenters. The van der Waals surface area contributed by atoms with Crippen molar-refractivity contribution < 1.29 is 4.79 Å². The third-order valence-electron chi connectivity index (χ3n) is 4.89. The second-order valence-electron chi connectivity index (χ2n) is 7.09. The smallest absolute Gasteiger partial charge is 0.330 e. The third kappa shape index (κ3) is 5.16. The van der Waals surface area contributed by atoms with Crippen LogP contribution in [0, 0.1) is 6.92 Å². The van der Waals surface area contributed by atoms with Gasteiger partial charge in [0.25, 0.3) is 5.56 Å². The van der Waals surface area contributed by atoms with Crippen LogP contribution >= 0.6 is 11.6 Å². The van der Waals surface area contributed by atoms with Gasteiger partial charge in [-0.3, -0.25) is 19.1 Å². The first-order valence-electron chi connectivity index (χ1n) is 9.77. The Morgan fingerprint density at radius 3 is 2.55 bits per heavy atom. The Labute approximate surface area is 184 Å². The van der Waals surface area contributed by atoms with Crippen molar-refractivity contribution in [3.63, 3.8) is 0 Å². The quantitative estimate of drug-likeness (QED) is 0.521. The SMILES string of the molecule is CCN(CC(=O)Nc1ccc(C)c(Cl)c1)c1c(N)n(Cc2ccccc2)c(=O)[nH]c1=O. The van der Waals surface area contributed by atoms with E-state index in [1.165, 1.54) is 9.47 Å². The Bertz CT molecular complexity index is 1200. The molecule has 0 saturated heterocycles. The molecule has 0 aliphatic carbocycles. The molecule has 3 aromatic rings. The highest BCUT2D eigenvalue weighted by molar-refractivity contribution is 6.31. The maximum absolute atomic E-state index is 12.6. The van der Waals surface area contributed by atoms with Crippen LogP contribution in [-0.4, -0.2) is 28.5 Å². The molecule has 3 rings (SSSR count). The first kappa shape index (κ1) is 22.2. The Balaban J connectivity index is 1.87. The predicted molar refractivity (Wildman–Crippen MR) is 124 cm³/mol. The van der Waals surface area contributed by atoms with Gasteiger partial charge in [-0.1, -0.05) is 48.0 Å². The van der Waals surface area contributed by atoms with Crippen molar-refractivity contribution in [2.75, 3.05) is 29.0 Å². The number of nitrogens with zero attached hydrogens (tertiary/aromatic N) is 2. The molecule has 0 atom stereocenters. The molecule has 31 heavy (non-hydrogen) atoms. The number of carbonyl (C=O) groups excluding carboxylic acids is 1. The minimum absolute atomic E-state index is 0.00522. The fourth-order valence-electron chi connectivity index (χ4n) is 3.20. The van der Waals surface area contributed by atoms with Gasteiger partial charge >= 0.3 is 5.69 Å². The maximum Gasteiger partial charge on any atom is 0.330 e. The summed E-state index contributed by atoms with van der Waals surface area (Å²) in [4.78, 5) is 41.3. The summed E-state index contributed by atoms with van der Waals surface area (Å²) in [6, 6.07) is 14.5. The number of aromatic amines is 1. The normalized spacial score (nSPS) is 10.7. The Kier molecular flexibility index (Phi) is 6.81. The molecule has 4 N–H and O–H groups in total. The number of nitrogens with two attached hydrogens (primary N) is 1. The van der Waals surface area contributed by atoms with Gasteiger partial charge in [-0.15, -0.1) is 0 Å². The van der Waals surface area contributed by atoms with Crippen LogP contribution in [0.4, 0.5) is 17.2 Å². The molecule has 0 aliphatic rings. The minimum atomic E-state index is -0.639. The fourth-order valence-corrected chi connectivity index (χ4v) is 3.38. The van der Waals surface area contributed by atoms with E-state index in [4.69, 9.17) is 17.3 Å². The number of H-pyrrole nitrogens is 1. The van der Waals surface area contributed by atoms with Gasteiger partial charge in [-0.05, 0) is 37.1 Å². The Morgan fingerprint density at radius 2 is 1.90 bits per heavy atom. The van der Waals surface area contributed by atoms with E-state index in [0.717, 1.165) is 11.1 Å². The number of hydrogen-bond acceptors (Lipinski definition) is 5. The highest BCUT2D eigenvalue weighted by Gasteiger charge is 2.20. The summed E-state index contributed by atoms with van der Waals surface area (Å²) in [5.74, 6) is -0.341. The molecule has 2 aromatic carbocycles. The number of halogens is 1. The highest BCUT2D eigenvalue weighted by Crippen LogP contribution is 2.21. The van der Waals surface area contributed by atoms with E-state index in [0.29, 0.717) is 17.3 Å². The Hall–Kier alpha value is -3.52. The minimum Gasteiger partial charge on any atom is -0.383 e. The fraction of sp³-hybridized carbons (Fsp3) is 0.227. The van der Waals surface area contributed by atoms with Gasteiger partial charge in [0.2, 0.25) is 5.91 Å². The summed E-state index contributed by atoms with van der Waals surface area (Å²) in [6.45, 7) is 4.06. The van der Waals surface area contributed by atoms with Gasteiger partial charge < -0.3 is 16.0 Å². The van der Waals surface area contributed by atoms with Crippen molar-refractivity contribution in [1.82, 2.24) is 9.55 Å². The number of hydrogen-bond donors (Lipinski definition) is 3. The molecule has 8 nitrogen and oxygen atoms in total. The van der Waals surface area contributed by atoms with Crippen LogP contribution in [0.1, 0.15) is 18.1 Å².